The predicted molar refractivity (Wildman–Crippen MR) is 91.9 cm³/mol. The first kappa shape index (κ1) is 22.3. The molecule has 2 N–H and O–H groups in total. The van der Waals surface area contributed by atoms with Gasteiger partial charge in [0.05, 0.1) is 0 Å². The first-order valence-electron chi connectivity index (χ1n) is 8.28. The lowest BCUT2D eigenvalue weighted by molar-refractivity contribution is 0.0270. The zero-order chi connectivity index (χ0) is 16.6. The monoisotopic (exact) mass is 300 g/mol. The highest BCUT2D eigenvalue weighted by molar-refractivity contribution is 5.83. The Bertz CT molecular complexity index is 279. The first-order valence-corrected chi connectivity index (χ1v) is 8.28. The fraction of sp³-hybridized carbons (Fsp3) is 0.938. The fourth-order valence-electron chi connectivity index (χ4n) is 1.79. The van der Waals surface area contributed by atoms with Crippen molar-refractivity contribution in [3.8, 4) is 0 Å². The lowest BCUT2D eigenvalue weighted by Crippen LogP contribution is -2.23. The maximum atomic E-state index is 9.69. The lowest BCUT2D eigenvalue weighted by Gasteiger charge is -2.19. The molecule has 0 aliphatic rings. The summed E-state index contributed by atoms with van der Waals surface area (Å²) in [6, 6.07) is 0. The Hall–Kier alpha value is -0.970. The molecular formula is C16H36N4O. The van der Waals surface area contributed by atoms with Gasteiger partial charge >= 0.3 is 0 Å². The molecule has 1 atom stereocenters. The molecule has 0 aromatic rings. The smallest absolute Gasteiger partial charge is 0.175 e. The summed E-state index contributed by atoms with van der Waals surface area (Å²) < 4.78 is 0. The van der Waals surface area contributed by atoms with E-state index in [2.05, 4.69) is 41.5 Å². The van der Waals surface area contributed by atoms with Gasteiger partial charge in [0.1, 0.15) is 0 Å². The van der Waals surface area contributed by atoms with E-state index in [9.17, 15) is 5.11 Å². The molecular weight excluding hydrogens is 264 g/mol. The van der Waals surface area contributed by atoms with Crippen LogP contribution in [0.1, 0.15) is 79.1 Å². The molecule has 0 fully saturated rings. The van der Waals surface area contributed by atoms with Gasteiger partial charge in [-0.25, -0.2) is 0 Å². The summed E-state index contributed by atoms with van der Waals surface area (Å²) in [6.45, 7) is 8.36. The molecule has 0 heterocycles. The summed E-state index contributed by atoms with van der Waals surface area (Å²) in [5.41, 5.74) is 3.20. The largest absolute Gasteiger partial charge is 0.368 e. The quantitative estimate of drug-likeness (QED) is 0.354. The minimum absolute atomic E-state index is 0.643. The van der Waals surface area contributed by atoms with Crippen molar-refractivity contribution < 1.29 is 5.11 Å². The van der Waals surface area contributed by atoms with Crippen LogP contribution in [0.15, 0.2) is 15.3 Å². The van der Waals surface area contributed by atoms with Crippen LogP contribution >= 0.6 is 0 Å². The molecule has 0 rings (SSSR count). The standard InChI is InChI=1S/C8H18N2O.C8H18N2/c1-4-6-7-8(11,5-2)10-9-3;1-4-6-7-8(5-2)10-9-3/h11H,4-7H2,1-3H3;9H,4-7H2,1-3H3. The summed E-state index contributed by atoms with van der Waals surface area (Å²) in [7, 11) is 3.44. The van der Waals surface area contributed by atoms with Crippen LogP contribution in [-0.4, -0.2) is 30.6 Å². The van der Waals surface area contributed by atoms with Crippen LogP contribution in [0.5, 0.6) is 0 Å². The van der Waals surface area contributed by atoms with Gasteiger partial charge < -0.3 is 10.5 Å². The van der Waals surface area contributed by atoms with E-state index in [4.69, 9.17) is 0 Å². The summed E-state index contributed by atoms with van der Waals surface area (Å²) in [5, 5.41) is 21.2. The molecule has 0 aliphatic carbocycles. The van der Waals surface area contributed by atoms with Crippen LogP contribution < -0.4 is 5.43 Å². The Morgan fingerprint density at radius 3 is 2.10 bits per heavy atom. The second-order valence-electron chi connectivity index (χ2n) is 5.10. The molecule has 21 heavy (non-hydrogen) atoms. The molecule has 0 aromatic heterocycles. The van der Waals surface area contributed by atoms with Crippen molar-refractivity contribution in [2.45, 2.75) is 84.8 Å². The van der Waals surface area contributed by atoms with Crippen LogP contribution in [0.2, 0.25) is 0 Å². The maximum Gasteiger partial charge on any atom is 0.175 e. The third-order valence-electron chi connectivity index (χ3n) is 3.28. The number of hydrazone groups is 1. The van der Waals surface area contributed by atoms with E-state index in [0.717, 1.165) is 32.1 Å². The Morgan fingerprint density at radius 1 is 1.10 bits per heavy atom. The molecule has 0 amide bonds. The van der Waals surface area contributed by atoms with E-state index >= 15 is 0 Å². The summed E-state index contributed by atoms with van der Waals surface area (Å²) in [5.74, 6) is 0. The lowest BCUT2D eigenvalue weighted by atomic mass is 10.0. The van der Waals surface area contributed by atoms with Gasteiger partial charge in [-0.05, 0) is 38.5 Å². The highest BCUT2D eigenvalue weighted by atomic mass is 16.3. The Labute approximate surface area is 131 Å². The number of unbranched alkanes of at least 4 members (excludes halogenated alkanes) is 2. The number of nitrogens with zero attached hydrogens (tertiary/aromatic N) is 3. The Morgan fingerprint density at radius 2 is 1.71 bits per heavy atom. The van der Waals surface area contributed by atoms with E-state index in [-0.39, 0.29) is 0 Å². The van der Waals surface area contributed by atoms with Gasteiger partial charge in [0.2, 0.25) is 0 Å². The molecule has 0 saturated heterocycles. The van der Waals surface area contributed by atoms with Crippen LogP contribution in [0.25, 0.3) is 0 Å². The molecule has 0 bridgehead atoms. The Kier molecular flexibility index (Phi) is 16.4. The van der Waals surface area contributed by atoms with Crippen molar-refractivity contribution in [2.75, 3.05) is 14.1 Å². The zero-order valence-corrected chi connectivity index (χ0v) is 14.9. The average molecular weight is 300 g/mol. The number of hydrogen-bond donors (Lipinski definition) is 2. The predicted octanol–water partition coefficient (Wildman–Crippen LogP) is 4.52. The minimum Gasteiger partial charge on any atom is -0.368 e. The highest BCUT2D eigenvalue weighted by Gasteiger charge is 2.22. The molecule has 0 saturated carbocycles. The summed E-state index contributed by atoms with van der Waals surface area (Å²) in [4.78, 5) is 0. The van der Waals surface area contributed by atoms with Crippen LogP contribution in [0.4, 0.5) is 0 Å². The first-order chi connectivity index (χ1) is 10.0. The van der Waals surface area contributed by atoms with Crippen LogP contribution in [0, 0.1) is 0 Å². The molecule has 1 unspecified atom stereocenters. The molecule has 5 nitrogen and oxygen atoms in total. The normalized spacial score (nSPS) is 14.5. The van der Waals surface area contributed by atoms with E-state index in [1.807, 2.05) is 14.0 Å². The zero-order valence-electron chi connectivity index (χ0n) is 14.9. The molecule has 0 aliphatic heterocycles. The number of nitrogens with one attached hydrogen (secondary N) is 1. The maximum absolute atomic E-state index is 9.69. The highest BCUT2D eigenvalue weighted by Crippen LogP contribution is 2.19. The van der Waals surface area contributed by atoms with Gasteiger partial charge in [-0.1, -0.05) is 40.5 Å². The Balaban J connectivity index is 0. The summed E-state index contributed by atoms with van der Waals surface area (Å²) in [6.07, 6.45) is 8.18. The molecule has 5 heteroatoms. The number of azo groups is 1. The number of rotatable bonds is 10. The average Bonchev–Trinajstić information content (AvgIpc) is 2.50. The van der Waals surface area contributed by atoms with Crippen molar-refractivity contribution in [1.29, 1.82) is 0 Å². The van der Waals surface area contributed by atoms with E-state index in [0.29, 0.717) is 6.42 Å². The minimum atomic E-state index is -0.898. The summed E-state index contributed by atoms with van der Waals surface area (Å²) >= 11 is 0. The van der Waals surface area contributed by atoms with Crippen LogP contribution in [-0.2, 0) is 0 Å². The molecule has 0 spiro atoms. The van der Waals surface area contributed by atoms with E-state index in [1.165, 1.54) is 18.6 Å². The van der Waals surface area contributed by atoms with Gasteiger partial charge in [-0.3, -0.25) is 0 Å². The van der Waals surface area contributed by atoms with Gasteiger partial charge in [-0.15, -0.1) is 0 Å². The third kappa shape index (κ3) is 13.8. The van der Waals surface area contributed by atoms with Crippen molar-refractivity contribution in [1.82, 2.24) is 5.43 Å². The number of aliphatic hydroxyl groups is 1. The van der Waals surface area contributed by atoms with Crippen molar-refractivity contribution in [3.63, 3.8) is 0 Å². The molecule has 0 radical (unpaired) electrons. The van der Waals surface area contributed by atoms with E-state index < -0.39 is 5.72 Å². The van der Waals surface area contributed by atoms with Gasteiger partial charge in [0.15, 0.2) is 5.72 Å². The van der Waals surface area contributed by atoms with Crippen molar-refractivity contribution in [2.24, 2.45) is 15.3 Å². The van der Waals surface area contributed by atoms with Gasteiger partial charge in [-0.2, -0.15) is 15.3 Å². The topological polar surface area (TPSA) is 69.3 Å². The van der Waals surface area contributed by atoms with Crippen LogP contribution in [0.3, 0.4) is 0 Å². The van der Waals surface area contributed by atoms with Gasteiger partial charge in [0, 0.05) is 19.8 Å². The van der Waals surface area contributed by atoms with E-state index in [1.54, 1.807) is 7.05 Å². The molecule has 126 valence electrons. The van der Waals surface area contributed by atoms with Crippen molar-refractivity contribution >= 4 is 5.71 Å². The third-order valence-corrected chi connectivity index (χ3v) is 3.28. The van der Waals surface area contributed by atoms with Crippen molar-refractivity contribution in [3.05, 3.63) is 0 Å². The molecule has 0 aromatic carbocycles. The second kappa shape index (κ2) is 15.4. The number of hydrogen-bond acceptors (Lipinski definition) is 5. The van der Waals surface area contributed by atoms with Gasteiger partial charge in [0.25, 0.3) is 0 Å². The SMILES string of the molecule is CCCCC(CC)=NNC.CCCCC(O)(CC)N=NC. The second-order valence-corrected chi connectivity index (χ2v) is 5.10. The fourth-order valence-corrected chi connectivity index (χ4v) is 1.79.